The molecule has 3 atom stereocenters. The van der Waals surface area contributed by atoms with Crippen molar-refractivity contribution in [1.82, 2.24) is 5.09 Å². The maximum atomic E-state index is 9.92. The molecular weight excluding hydrogens is 309 g/mol. The molecule has 0 aromatic heterocycles. The minimum absolute atomic E-state index is 0.177. The quantitative estimate of drug-likeness (QED) is 0.836. The zero-order chi connectivity index (χ0) is 13.3. The summed E-state index contributed by atoms with van der Waals surface area (Å²) in [6, 6.07) is 2.65. The number of benzene rings is 1. The third kappa shape index (κ3) is 2.96. The number of nitrogens with one attached hydrogen (secondary N) is 1. The van der Waals surface area contributed by atoms with E-state index in [2.05, 4.69) is 50.3 Å². The first-order valence-corrected chi connectivity index (χ1v) is 7.83. The third-order valence-electron chi connectivity index (χ3n) is 3.80. The summed E-state index contributed by atoms with van der Waals surface area (Å²) >= 11 is 3.67. The van der Waals surface area contributed by atoms with Gasteiger partial charge in [-0.2, -0.15) is 0 Å². The van der Waals surface area contributed by atoms with Crippen molar-refractivity contribution in [3.8, 4) is 0 Å². The number of rotatable bonds is 3. The van der Waals surface area contributed by atoms with Crippen LogP contribution in [0.1, 0.15) is 35.6 Å². The summed E-state index contributed by atoms with van der Waals surface area (Å²) in [6.45, 7) is 4.34. The zero-order valence-corrected chi connectivity index (χ0v) is 13.7. The SMILES string of the molecule is Cc1cc(Br)c2c(c1CC(C)NP)CC(O)CC2. The number of halogens is 1. The largest absolute Gasteiger partial charge is 0.393 e. The minimum atomic E-state index is -0.177. The molecule has 1 aromatic carbocycles. The molecule has 0 spiro atoms. The molecule has 0 radical (unpaired) electrons. The molecule has 2 N–H and O–H groups in total. The van der Waals surface area contributed by atoms with Gasteiger partial charge in [0.1, 0.15) is 0 Å². The number of aliphatic hydroxyl groups excluding tert-OH is 1. The first-order chi connectivity index (χ1) is 8.52. The molecule has 0 aliphatic heterocycles. The molecule has 18 heavy (non-hydrogen) atoms. The fraction of sp³-hybridized carbons (Fsp3) is 0.571. The lowest BCUT2D eigenvalue weighted by Gasteiger charge is -2.27. The van der Waals surface area contributed by atoms with Crippen LogP contribution in [0.3, 0.4) is 0 Å². The zero-order valence-electron chi connectivity index (χ0n) is 11.0. The smallest absolute Gasteiger partial charge is 0.0584 e. The molecule has 1 aromatic rings. The van der Waals surface area contributed by atoms with Crippen molar-refractivity contribution in [2.45, 2.75) is 51.7 Å². The van der Waals surface area contributed by atoms with Gasteiger partial charge in [0, 0.05) is 10.5 Å². The Labute approximate surface area is 120 Å². The van der Waals surface area contributed by atoms with Crippen molar-refractivity contribution in [3.63, 3.8) is 0 Å². The summed E-state index contributed by atoms with van der Waals surface area (Å²) < 4.78 is 1.21. The van der Waals surface area contributed by atoms with Crippen molar-refractivity contribution < 1.29 is 5.11 Å². The average Bonchev–Trinajstić information content (AvgIpc) is 2.33. The molecule has 2 nitrogen and oxygen atoms in total. The molecule has 3 unspecified atom stereocenters. The van der Waals surface area contributed by atoms with E-state index in [-0.39, 0.29) is 6.10 Å². The van der Waals surface area contributed by atoms with Crippen LogP contribution in [0.15, 0.2) is 10.5 Å². The molecule has 100 valence electrons. The molecule has 0 bridgehead atoms. The molecule has 0 saturated carbocycles. The lowest BCUT2D eigenvalue weighted by Crippen LogP contribution is -2.25. The summed E-state index contributed by atoms with van der Waals surface area (Å²) in [7, 11) is 2.58. The first kappa shape index (κ1) is 14.5. The maximum absolute atomic E-state index is 9.92. The Morgan fingerprint density at radius 3 is 2.94 bits per heavy atom. The Balaban J connectivity index is 2.44. The van der Waals surface area contributed by atoms with Gasteiger partial charge in [-0.3, -0.25) is 5.09 Å². The second-order valence-electron chi connectivity index (χ2n) is 5.28. The number of aliphatic hydroxyl groups is 1. The standard InChI is InChI=1S/C14H21BrNOP/c1-8-5-14(15)11-4-3-10(17)7-13(11)12(8)6-9(2)16-18/h5,9-10,16-17H,3-4,6-7,18H2,1-2H3. The predicted molar refractivity (Wildman–Crippen MR) is 82.9 cm³/mol. The van der Waals surface area contributed by atoms with Crippen LogP contribution in [0, 0.1) is 6.92 Å². The molecular formula is C14H21BrNOP. The van der Waals surface area contributed by atoms with Gasteiger partial charge in [0.05, 0.1) is 6.10 Å². The van der Waals surface area contributed by atoms with Gasteiger partial charge in [0.2, 0.25) is 0 Å². The highest BCUT2D eigenvalue weighted by atomic mass is 79.9. The van der Waals surface area contributed by atoms with E-state index in [0.29, 0.717) is 6.04 Å². The Morgan fingerprint density at radius 1 is 1.56 bits per heavy atom. The highest BCUT2D eigenvalue weighted by Crippen LogP contribution is 2.33. The Kier molecular flexibility index (Phi) is 4.82. The summed E-state index contributed by atoms with van der Waals surface area (Å²) in [4.78, 5) is 0. The van der Waals surface area contributed by atoms with Crippen molar-refractivity contribution >= 4 is 25.3 Å². The van der Waals surface area contributed by atoms with E-state index < -0.39 is 0 Å². The number of hydrogen-bond acceptors (Lipinski definition) is 2. The second-order valence-corrected chi connectivity index (χ2v) is 6.47. The third-order valence-corrected chi connectivity index (χ3v) is 5.07. The molecule has 4 heteroatoms. The molecule has 0 amide bonds. The molecule has 1 aliphatic carbocycles. The van der Waals surface area contributed by atoms with E-state index >= 15 is 0 Å². The summed E-state index contributed by atoms with van der Waals surface area (Å²) in [5.41, 5.74) is 5.50. The van der Waals surface area contributed by atoms with Gasteiger partial charge in [-0.15, -0.1) is 0 Å². The van der Waals surface area contributed by atoms with Crippen LogP contribution in [0.25, 0.3) is 0 Å². The topological polar surface area (TPSA) is 32.3 Å². The summed E-state index contributed by atoms with van der Waals surface area (Å²) in [6.07, 6.45) is 3.49. The van der Waals surface area contributed by atoms with Gasteiger partial charge in [-0.25, -0.2) is 0 Å². The van der Waals surface area contributed by atoms with Crippen molar-refractivity contribution in [2.24, 2.45) is 0 Å². The van der Waals surface area contributed by atoms with Crippen LogP contribution < -0.4 is 5.09 Å². The minimum Gasteiger partial charge on any atom is -0.393 e. The number of hydrogen-bond donors (Lipinski definition) is 2. The molecule has 0 heterocycles. The van der Waals surface area contributed by atoms with E-state index in [1.54, 1.807) is 0 Å². The van der Waals surface area contributed by atoms with Gasteiger partial charge in [0.25, 0.3) is 0 Å². The van der Waals surface area contributed by atoms with E-state index in [4.69, 9.17) is 0 Å². The van der Waals surface area contributed by atoms with Crippen LogP contribution in [-0.2, 0) is 19.3 Å². The van der Waals surface area contributed by atoms with Gasteiger partial charge < -0.3 is 5.11 Å². The van der Waals surface area contributed by atoms with Crippen molar-refractivity contribution in [2.75, 3.05) is 0 Å². The highest BCUT2D eigenvalue weighted by molar-refractivity contribution is 9.10. The normalized spacial score (nSPS) is 20.6. The molecule has 2 rings (SSSR count). The molecule has 1 aliphatic rings. The van der Waals surface area contributed by atoms with Crippen LogP contribution >= 0.6 is 25.3 Å². The van der Waals surface area contributed by atoms with Crippen molar-refractivity contribution in [1.29, 1.82) is 0 Å². The van der Waals surface area contributed by atoms with Crippen molar-refractivity contribution in [3.05, 3.63) is 32.8 Å². The van der Waals surface area contributed by atoms with E-state index in [1.807, 2.05) is 0 Å². The predicted octanol–water partition coefficient (Wildman–Crippen LogP) is 2.92. The fourth-order valence-corrected chi connectivity index (χ4v) is 3.64. The Bertz CT molecular complexity index is 450. The van der Waals surface area contributed by atoms with Gasteiger partial charge in [-0.1, -0.05) is 25.3 Å². The van der Waals surface area contributed by atoms with Gasteiger partial charge in [0.15, 0.2) is 0 Å². The second kappa shape index (κ2) is 6.00. The lowest BCUT2D eigenvalue weighted by atomic mass is 9.83. The highest BCUT2D eigenvalue weighted by Gasteiger charge is 2.23. The first-order valence-electron chi connectivity index (χ1n) is 6.46. The monoisotopic (exact) mass is 329 g/mol. The lowest BCUT2D eigenvalue weighted by molar-refractivity contribution is 0.158. The maximum Gasteiger partial charge on any atom is 0.0584 e. The summed E-state index contributed by atoms with van der Waals surface area (Å²) in [5.74, 6) is 0. The summed E-state index contributed by atoms with van der Waals surface area (Å²) in [5, 5.41) is 13.1. The number of fused-ring (bicyclic) bond motifs is 1. The van der Waals surface area contributed by atoms with Crippen LogP contribution in [-0.4, -0.2) is 17.3 Å². The van der Waals surface area contributed by atoms with Crippen LogP contribution in [0.4, 0.5) is 0 Å². The number of aryl methyl sites for hydroxylation is 1. The van der Waals surface area contributed by atoms with E-state index in [0.717, 1.165) is 25.7 Å². The Hall–Kier alpha value is 0.0500. The van der Waals surface area contributed by atoms with E-state index in [1.165, 1.54) is 26.7 Å². The van der Waals surface area contributed by atoms with Gasteiger partial charge in [-0.05, 0) is 67.9 Å². The average molecular weight is 330 g/mol. The Morgan fingerprint density at radius 2 is 2.28 bits per heavy atom. The molecule has 0 saturated heterocycles. The van der Waals surface area contributed by atoms with E-state index in [9.17, 15) is 5.11 Å². The van der Waals surface area contributed by atoms with Gasteiger partial charge >= 0.3 is 0 Å². The van der Waals surface area contributed by atoms with Crippen LogP contribution in [0.2, 0.25) is 0 Å². The van der Waals surface area contributed by atoms with Crippen LogP contribution in [0.5, 0.6) is 0 Å². The molecule has 0 fully saturated rings. The fourth-order valence-electron chi connectivity index (χ4n) is 2.74.